The zero-order chi connectivity index (χ0) is 26.8. The van der Waals surface area contributed by atoms with E-state index in [1.165, 1.54) is 0 Å². The number of aliphatic hydroxyl groups excluding tert-OH is 1. The van der Waals surface area contributed by atoms with Gasteiger partial charge in [0.1, 0.15) is 5.75 Å². The van der Waals surface area contributed by atoms with Gasteiger partial charge in [-0.1, -0.05) is 66.2 Å². The van der Waals surface area contributed by atoms with Crippen molar-refractivity contribution in [3.8, 4) is 5.75 Å². The second-order valence-electron chi connectivity index (χ2n) is 8.91. The van der Waals surface area contributed by atoms with Crippen LogP contribution in [0.3, 0.4) is 0 Å². The van der Waals surface area contributed by atoms with Crippen molar-refractivity contribution in [2.75, 3.05) is 19.8 Å². The highest BCUT2D eigenvalue weighted by atomic mass is 35.5. The molecule has 0 bridgehead atoms. The van der Waals surface area contributed by atoms with Gasteiger partial charge in [-0.05, 0) is 47.9 Å². The number of hydrogen-bond acceptors (Lipinski definition) is 6. The average molecular weight is 534 g/mol. The van der Waals surface area contributed by atoms with Crippen molar-refractivity contribution in [3.63, 3.8) is 0 Å². The van der Waals surface area contributed by atoms with Crippen molar-refractivity contribution in [2.24, 2.45) is 4.99 Å². The van der Waals surface area contributed by atoms with Gasteiger partial charge in [0.05, 0.1) is 6.61 Å². The van der Waals surface area contributed by atoms with Crippen molar-refractivity contribution in [1.29, 1.82) is 0 Å². The minimum atomic E-state index is -1.26. The van der Waals surface area contributed by atoms with E-state index in [-0.39, 0.29) is 18.9 Å². The monoisotopic (exact) mass is 533 g/mol. The van der Waals surface area contributed by atoms with Gasteiger partial charge in [-0.25, -0.2) is 10.4 Å². The molecule has 38 heavy (non-hydrogen) atoms. The highest BCUT2D eigenvalue weighted by Gasteiger charge is 2.52. The molecule has 198 valence electrons. The molecule has 3 N–H and O–H groups in total. The van der Waals surface area contributed by atoms with E-state index in [0.29, 0.717) is 42.7 Å². The smallest absolute Gasteiger partial charge is 0.266 e. The first-order chi connectivity index (χ1) is 18.6. The van der Waals surface area contributed by atoms with E-state index in [1.54, 1.807) is 6.08 Å². The molecule has 8 heteroatoms. The Morgan fingerprint density at radius 1 is 1.11 bits per heavy atom. The Balaban J connectivity index is 1.55. The molecule has 1 amide bonds. The number of amides is 1. The van der Waals surface area contributed by atoms with Crippen LogP contribution in [-0.4, -0.2) is 42.2 Å². The summed E-state index contributed by atoms with van der Waals surface area (Å²) in [4.78, 5) is 18.6. The normalized spacial score (nSPS) is 18.4. The molecule has 0 aliphatic carbocycles. The van der Waals surface area contributed by atoms with Crippen LogP contribution in [0, 0.1) is 0 Å². The maximum absolute atomic E-state index is 13.7. The topological polar surface area (TPSA) is 92.2 Å². The van der Waals surface area contributed by atoms with Crippen LogP contribution in [0.5, 0.6) is 5.75 Å². The summed E-state index contributed by atoms with van der Waals surface area (Å²) in [5.74, 6) is 0.733. The minimum absolute atomic E-state index is 0.0753. The highest BCUT2D eigenvalue weighted by molar-refractivity contribution is 6.31. The van der Waals surface area contributed by atoms with Gasteiger partial charge in [-0.3, -0.25) is 10.2 Å². The van der Waals surface area contributed by atoms with Gasteiger partial charge < -0.3 is 14.6 Å². The fourth-order valence-corrected chi connectivity index (χ4v) is 4.54. The Hall–Kier alpha value is -3.65. The fourth-order valence-electron chi connectivity index (χ4n) is 4.31. The Morgan fingerprint density at radius 2 is 1.84 bits per heavy atom. The van der Waals surface area contributed by atoms with Crippen LogP contribution >= 0.6 is 11.6 Å². The Bertz CT molecular complexity index is 1250. The molecular formula is C30H32ClN3O4. The maximum atomic E-state index is 13.7. The summed E-state index contributed by atoms with van der Waals surface area (Å²) in [6.07, 6.45) is 2.52. The first-order valence-electron chi connectivity index (χ1n) is 12.6. The predicted octanol–water partition coefficient (Wildman–Crippen LogP) is 4.80. The van der Waals surface area contributed by atoms with Crippen LogP contribution in [0.15, 0.2) is 96.5 Å². The molecule has 0 saturated heterocycles. The van der Waals surface area contributed by atoms with Crippen LogP contribution in [-0.2, 0) is 16.0 Å². The third kappa shape index (κ3) is 6.42. The summed E-state index contributed by atoms with van der Waals surface area (Å²) in [5.41, 5.74) is 7.17. The van der Waals surface area contributed by atoms with Crippen molar-refractivity contribution in [2.45, 2.75) is 30.9 Å². The van der Waals surface area contributed by atoms with Gasteiger partial charge in [-0.15, -0.1) is 6.58 Å². The number of nitrogens with one attached hydrogen (secondary N) is 2. The number of ether oxygens (including phenoxy) is 2. The van der Waals surface area contributed by atoms with E-state index in [1.807, 2.05) is 78.9 Å². The number of benzene rings is 3. The number of rotatable bonds is 13. The summed E-state index contributed by atoms with van der Waals surface area (Å²) in [6.45, 7) is 4.89. The Labute approximate surface area is 228 Å². The van der Waals surface area contributed by atoms with Crippen LogP contribution in [0.2, 0.25) is 5.02 Å². The summed E-state index contributed by atoms with van der Waals surface area (Å²) < 4.78 is 12.0. The lowest BCUT2D eigenvalue weighted by atomic mass is 9.84. The van der Waals surface area contributed by atoms with Crippen molar-refractivity contribution in [1.82, 2.24) is 10.9 Å². The van der Waals surface area contributed by atoms with E-state index in [4.69, 9.17) is 31.2 Å². The highest BCUT2D eigenvalue weighted by Crippen LogP contribution is 2.42. The molecule has 0 aromatic heterocycles. The molecule has 1 heterocycles. The first kappa shape index (κ1) is 27.4. The van der Waals surface area contributed by atoms with Crippen LogP contribution in [0.4, 0.5) is 0 Å². The van der Waals surface area contributed by atoms with Gasteiger partial charge in [0.25, 0.3) is 5.91 Å². The number of halogens is 1. The molecule has 0 unspecified atom stereocenters. The van der Waals surface area contributed by atoms with Gasteiger partial charge in [0, 0.05) is 36.6 Å². The quantitative estimate of drug-likeness (QED) is 0.167. The molecule has 7 nitrogen and oxygen atoms in total. The lowest BCUT2D eigenvalue weighted by Crippen LogP contribution is -2.52. The lowest BCUT2D eigenvalue weighted by molar-refractivity contribution is -0.129. The Morgan fingerprint density at radius 3 is 2.55 bits per heavy atom. The SMILES string of the molecule is C=CC[C@]1(C(=O)NNCCc2ccccc2Cl)N=C(c2ccc(OCCCO)cc2)O[C@H]1c1ccccc1. The molecule has 1 aliphatic rings. The third-order valence-corrected chi connectivity index (χ3v) is 6.64. The summed E-state index contributed by atoms with van der Waals surface area (Å²) in [7, 11) is 0. The lowest BCUT2D eigenvalue weighted by Gasteiger charge is -2.29. The standard InChI is InChI=1S/C30H32ClN3O4/c1-2-18-30(29(36)34-32-19-17-22-9-6-7-12-26(22)31)27(23-10-4-3-5-11-23)38-28(33-30)24-13-15-25(16-14-24)37-21-8-20-35/h2-7,9-16,27,32,35H,1,8,17-21H2,(H,34,36)/t27-,30-/m0/s1. The molecule has 0 fully saturated rings. The number of hydrazine groups is 1. The van der Waals surface area contributed by atoms with E-state index >= 15 is 0 Å². The molecule has 0 saturated carbocycles. The Kier molecular flexibility index (Phi) is 9.54. The number of hydrogen-bond donors (Lipinski definition) is 3. The van der Waals surface area contributed by atoms with Gasteiger partial charge in [0.15, 0.2) is 11.6 Å². The largest absolute Gasteiger partial charge is 0.494 e. The minimum Gasteiger partial charge on any atom is -0.494 e. The third-order valence-electron chi connectivity index (χ3n) is 6.27. The molecule has 3 aromatic rings. The molecule has 0 spiro atoms. The number of carbonyl (C=O) groups excluding carboxylic acids is 1. The molecule has 4 rings (SSSR count). The van der Waals surface area contributed by atoms with Crippen molar-refractivity contribution >= 4 is 23.4 Å². The van der Waals surface area contributed by atoms with Crippen LogP contribution < -0.4 is 15.6 Å². The maximum Gasteiger partial charge on any atom is 0.266 e. The second-order valence-corrected chi connectivity index (χ2v) is 9.32. The van der Waals surface area contributed by atoms with Gasteiger partial charge in [-0.2, -0.15) is 0 Å². The van der Waals surface area contributed by atoms with E-state index in [0.717, 1.165) is 16.7 Å². The number of aliphatic imine (C=N–C) groups is 1. The van der Waals surface area contributed by atoms with Crippen LogP contribution in [0.25, 0.3) is 0 Å². The van der Waals surface area contributed by atoms with E-state index in [9.17, 15) is 4.79 Å². The van der Waals surface area contributed by atoms with E-state index in [2.05, 4.69) is 17.4 Å². The molecule has 3 aromatic carbocycles. The molecular weight excluding hydrogens is 502 g/mol. The predicted molar refractivity (Wildman–Crippen MR) is 149 cm³/mol. The molecule has 0 radical (unpaired) electrons. The fraction of sp³-hybridized carbons (Fsp3) is 0.267. The second kappa shape index (κ2) is 13.2. The molecule has 1 aliphatic heterocycles. The van der Waals surface area contributed by atoms with E-state index < -0.39 is 11.6 Å². The summed E-state index contributed by atoms with van der Waals surface area (Å²) >= 11 is 6.26. The number of aliphatic hydroxyl groups is 1. The molecule has 2 atom stereocenters. The summed E-state index contributed by atoms with van der Waals surface area (Å²) in [6, 6.07) is 24.6. The summed E-state index contributed by atoms with van der Waals surface area (Å²) in [5, 5.41) is 9.65. The van der Waals surface area contributed by atoms with Crippen molar-refractivity contribution < 1.29 is 19.4 Å². The average Bonchev–Trinajstić information content (AvgIpc) is 3.34. The number of nitrogens with zero attached hydrogens (tertiary/aromatic N) is 1. The number of carbonyl (C=O) groups is 1. The van der Waals surface area contributed by atoms with Gasteiger partial charge in [0.2, 0.25) is 5.90 Å². The van der Waals surface area contributed by atoms with Crippen LogP contribution in [0.1, 0.15) is 35.6 Å². The van der Waals surface area contributed by atoms with Crippen molar-refractivity contribution in [3.05, 3.63) is 113 Å². The van der Waals surface area contributed by atoms with Gasteiger partial charge >= 0.3 is 0 Å². The zero-order valence-corrected chi connectivity index (χ0v) is 21.9. The first-order valence-corrected chi connectivity index (χ1v) is 13.0. The zero-order valence-electron chi connectivity index (χ0n) is 21.1.